The Bertz CT molecular complexity index is 578. The lowest BCUT2D eigenvalue weighted by Gasteiger charge is -2.38. The van der Waals surface area contributed by atoms with Crippen molar-refractivity contribution in [3.8, 4) is 5.75 Å². The highest BCUT2D eigenvalue weighted by atomic mass is 16.5. The molecule has 5 nitrogen and oxygen atoms in total. The van der Waals surface area contributed by atoms with Gasteiger partial charge in [0.15, 0.2) is 0 Å². The van der Waals surface area contributed by atoms with Gasteiger partial charge in [0.25, 0.3) is 0 Å². The maximum Gasteiger partial charge on any atom is 0.221 e. The molecule has 1 amide bonds. The van der Waals surface area contributed by atoms with Crippen molar-refractivity contribution in [2.45, 2.75) is 38.5 Å². The number of hydrogen-bond acceptors (Lipinski definition) is 4. The Hall–Kier alpha value is -1.75. The number of rotatable bonds is 7. The van der Waals surface area contributed by atoms with Gasteiger partial charge < -0.3 is 15.4 Å². The van der Waals surface area contributed by atoms with E-state index in [2.05, 4.69) is 21.9 Å². The van der Waals surface area contributed by atoms with Crippen molar-refractivity contribution in [3.63, 3.8) is 0 Å². The van der Waals surface area contributed by atoms with E-state index in [0.717, 1.165) is 50.6 Å². The Morgan fingerprint density at radius 3 is 2.50 bits per heavy atom. The number of methoxy groups -OCH3 is 1. The van der Waals surface area contributed by atoms with Crippen LogP contribution in [0.4, 0.5) is 5.69 Å². The van der Waals surface area contributed by atoms with Gasteiger partial charge in [-0.1, -0.05) is 44.2 Å². The Labute approximate surface area is 157 Å². The summed E-state index contributed by atoms with van der Waals surface area (Å²) in [6, 6.07) is 8.18. The van der Waals surface area contributed by atoms with E-state index in [4.69, 9.17) is 10.5 Å². The number of amides is 1. The minimum Gasteiger partial charge on any atom is -0.495 e. The lowest BCUT2D eigenvalue weighted by atomic mass is 9.82. The van der Waals surface area contributed by atoms with Gasteiger partial charge in [0.05, 0.1) is 18.7 Å². The average molecular weight is 360 g/mol. The number of carbonyl (C=O) groups excluding carboxylic acids is 1. The number of ether oxygens (including phenoxy) is 1. The van der Waals surface area contributed by atoms with Crippen LogP contribution in [0.3, 0.4) is 0 Å². The van der Waals surface area contributed by atoms with Crippen LogP contribution in [-0.2, 0) is 4.79 Å². The van der Waals surface area contributed by atoms with Crippen LogP contribution in [0.25, 0.3) is 0 Å². The maximum atomic E-state index is 12.0. The summed E-state index contributed by atoms with van der Waals surface area (Å²) in [6.07, 6.45) is 7.49. The molecule has 1 atom stereocenters. The fourth-order valence-corrected chi connectivity index (χ4v) is 4.48. The molecule has 1 heterocycles. The summed E-state index contributed by atoms with van der Waals surface area (Å²) in [5, 5.41) is 0. The Kier molecular flexibility index (Phi) is 6.78. The van der Waals surface area contributed by atoms with E-state index in [0.29, 0.717) is 5.92 Å². The normalized spacial score (nSPS) is 20.7. The molecular formula is C21H33N3O2. The monoisotopic (exact) mass is 359 g/mol. The van der Waals surface area contributed by atoms with Crippen molar-refractivity contribution in [1.82, 2.24) is 4.90 Å². The SMILES string of the molecule is COc1ccccc1N1CCN(C[C@@H](CC2CCCCC2)C(N)=O)CC1. The smallest absolute Gasteiger partial charge is 0.221 e. The number of piperazine rings is 1. The van der Waals surface area contributed by atoms with Crippen molar-refractivity contribution in [2.24, 2.45) is 17.6 Å². The molecular weight excluding hydrogens is 326 g/mol. The second-order valence-corrected chi connectivity index (χ2v) is 7.80. The van der Waals surface area contributed by atoms with Crippen LogP contribution in [-0.4, -0.2) is 50.6 Å². The number of nitrogens with two attached hydrogens (primary N) is 1. The summed E-state index contributed by atoms with van der Waals surface area (Å²) >= 11 is 0. The molecule has 1 saturated heterocycles. The van der Waals surface area contributed by atoms with Crippen LogP contribution in [0.15, 0.2) is 24.3 Å². The average Bonchev–Trinajstić information content (AvgIpc) is 2.69. The van der Waals surface area contributed by atoms with E-state index in [1.807, 2.05) is 12.1 Å². The van der Waals surface area contributed by atoms with Gasteiger partial charge in [-0.2, -0.15) is 0 Å². The van der Waals surface area contributed by atoms with E-state index in [1.54, 1.807) is 7.11 Å². The van der Waals surface area contributed by atoms with E-state index >= 15 is 0 Å². The standard InChI is InChI=1S/C21H33N3O2/c1-26-20-10-6-5-9-19(20)24-13-11-23(12-14-24)16-18(21(22)25)15-17-7-3-2-4-8-17/h5-6,9-10,17-18H,2-4,7-8,11-16H2,1H3,(H2,22,25)/t18-/m1/s1. The molecule has 0 radical (unpaired) electrons. The van der Waals surface area contributed by atoms with E-state index in [9.17, 15) is 4.79 Å². The second kappa shape index (κ2) is 9.26. The van der Waals surface area contributed by atoms with Crippen LogP contribution in [0.5, 0.6) is 5.75 Å². The molecule has 1 aliphatic heterocycles. The molecule has 0 aromatic heterocycles. The molecule has 1 saturated carbocycles. The van der Waals surface area contributed by atoms with Crippen LogP contribution in [0.2, 0.25) is 0 Å². The molecule has 3 rings (SSSR count). The van der Waals surface area contributed by atoms with Crippen molar-refractivity contribution < 1.29 is 9.53 Å². The largest absolute Gasteiger partial charge is 0.495 e. The van der Waals surface area contributed by atoms with E-state index in [-0.39, 0.29) is 11.8 Å². The van der Waals surface area contributed by atoms with Gasteiger partial charge in [0, 0.05) is 32.7 Å². The number of carbonyl (C=O) groups is 1. The zero-order chi connectivity index (χ0) is 18.4. The predicted molar refractivity (Wildman–Crippen MR) is 106 cm³/mol. The highest BCUT2D eigenvalue weighted by Crippen LogP contribution is 2.31. The predicted octanol–water partition coefficient (Wildman–Crippen LogP) is 2.89. The minimum absolute atomic E-state index is 0.00379. The summed E-state index contributed by atoms with van der Waals surface area (Å²) in [6.45, 7) is 4.65. The number of para-hydroxylation sites is 2. The third-order valence-electron chi connectivity index (χ3n) is 6.02. The molecule has 2 fully saturated rings. The Morgan fingerprint density at radius 2 is 1.85 bits per heavy atom. The quantitative estimate of drug-likeness (QED) is 0.813. The number of benzene rings is 1. The summed E-state index contributed by atoms with van der Waals surface area (Å²) in [7, 11) is 1.72. The first kappa shape index (κ1) is 19.0. The molecule has 2 N–H and O–H groups in total. The Balaban J connectivity index is 1.52. The summed E-state index contributed by atoms with van der Waals surface area (Å²) in [4.78, 5) is 16.8. The fraction of sp³-hybridized carbons (Fsp3) is 0.667. The zero-order valence-electron chi connectivity index (χ0n) is 16.0. The van der Waals surface area contributed by atoms with Crippen LogP contribution >= 0.6 is 0 Å². The molecule has 1 aromatic carbocycles. The van der Waals surface area contributed by atoms with Crippen LogP contribution in [0.1, 0.15) is 38.5 Å². The molecule has 2 aliphatic rings. The van der Waals surface area contributed by atoms with Crippen molar-refractivity contribution >= 4 is 11.6 Å². The topological polar surface area (TPSA) is 58.8 Å². The molecule has 0 bridgehead atoms. The van der Waals surface area contributed by atoms with Gasteiger partial charge in [-0.25, -0.2) is 0 Å². The third-order valence-corrected chi connectivity index (χ3v) is 6.02. The molecule has 1 aromatic rings. The van der Waals surface area contributed by atoms with Crippen molar-refractivity contribution in [1.29, 1.82) is 0 Å². The first-order valence-corrected chi connectivity index (χ1v) is 10.1. The third kappa shape index (κ3) is 4.91. The number of nitrogens with zero attached hydrogens (tertiary/aromatic N) is 2. The highest BCUT2D eigenvalue weighted by molar-refractivity contribution is 5.76. The minimum atomic E-state index is -0.122. The van der Waals surface area contributed by atoms with E-state index in [1.165, 1.54) is 32.1 Å². The van der Waals surface area contributed by atoms with Gasteiger partial charge in [-0.05, 0) is 24.5 Å². The van der Waals surface area contributed by atoms with Gasteiger partial charge in [-0.15, -0.1) is 0 Å². The summed E-state index contributed by atoms with van der Waals surface area (Å²) in [5.41, 5.74) is 6.89. The van der Waals surface area contributed by atoms with E-state index < -0.39 is 0 Å². The number of hydrogen-bond donors (Lipinski definition) is 1. The first-order valence-electron chi connectivity index (χ1n) is 10.1. The van der Waals surface area contributed by atoms with Gasteiger partial charge in [0.2, 0.25) is 5.91 Å². The van der Waals surface area contributed by atoms with Gasteiger partial charge >= 0.3 is 0 Å². The lowest BCUT2D eigenvalue weighted by molar-refractivity contribution is -0.123. The molecule has 5 heteroatoms. The second-order valence-electron chi connectivity index (χ2n) is 7.80. The molecule has 0 unspecified atom stereocenters. The van der Waals surface area contributed by atoms with Gasteiger partial charge in [-0.3, -0.25) is 9.69 Å². The fourth-order valence-electron chi connectivity index (χ4n) is 4.48. The van der Waals surface area contributed by atoms with Crippen LogP contribution in [0, 0.1) is 11.8 Å². The number of primary amides is 1. The van der Waals surface area contributed by atoms with Crippen molar-refractivity contribution in [3.05, 3.63) is 24.3 Å². The highest BCUT2D eigenvalue weighted by Gasteiger charge is 2.27. The summed E-state index contributed by atoms with van der Waals surface area (Å²) in [5.74, 6) is 1.49. The molecule has 144 valence electrons. The molecule has 26 heavy (non-hydrogen) atoms. The van der Waals surface area contributed by atoms with Gasteiger partial charge in [0.1, 0.15) is 5.75 Å². The number of anilines is 1. The maximum absolute atomic E-state index is 12.0. The van der Waals surface area contributed by atoms with Crippen molar-refractivity contribution in [2.75, 3.05) is 44.7 Å². The Morgan fingerprint density at radius 1 is 1.15 bits per heavy atom. The van der Waals surface area contributed by atoms with Crippen LogP contribution < -0.4 is 15.4 Å². The summed E-state index contributed by atoms with van der Waals surface area (Å²) < 4.78 is 5.49. The molecule has 0 spiro atoms. The molecule has 1 aliphatic carbocycles. The zero-order valence-corrected chi connectivity index (χ0v) is 16.0. The first-order chi connectivity index (χ1) is 12.7. The lowest BCUT2D eigenvalue weighted by Crippen LogP contribution is -2.49.